The molecule has 0 spiro atoms. The summed E-state index contributed by atoms with van der Waals surface area (Å²) in [6.45, 7) is 12.5. The molecule has 0 radical (unpaired) electrons. The van der Waals surface area contributed by atoms with Gasteiger partial charge in [-0.1, -0.05) is 19.6 Å². The third-order valence-corrected chi connectivity index (χ3v) is 7.63. The first-order valence-corrected chi connectivity index (χ1v) is 12.9. The molecule has 10 nitrogen and oxygen atoms in total. The molecule has 3 aromatic heterocycles. The number of hydrogen-bond donors (Lipinski definition) is 0. The highest BCUT2D eigenvalue weighted by Gasteiger charge is 2.64. The Labute approximate surface area is 226 Å². The highest BCUT2D eigenvalue weighted by Crippen LogP contribution is 2.59. The summed E-state index contributed by atoms with van der Waals surface area (Å²) in [5, 5.41) is 5.15. The lowest BCUT2D eigenvalue weighted by molar-refractivity contribution is -0.137. The maximum atomic E-state index is 13.8. The standard InChI is InChI=1S/C29H31N7O3/c1-7-9-21(30-8-2)28(39)23-11-29(6)12-24(29)36(23)25(38)15-35-27-16(3)33-22(19-13-31-18(5)32-14-19)10-20(27)26(34-35)17(4)37/h7-10,13-14,23-24H,2,11-12,15H2,1,3-6H3/b9-7-,30-21?. The Kier molecular flexibility index (Phi) is 6.57. The zero-order chi connectivity index (χ0) is 28.1. The maximum Gasteiger partial charge on any atom is 0.245 e. The zero-order valence-electron chi connectivity index (χ0n) is 22.8. The summed E-state index contributed by atoms with van der Waals surface area (Å²) < 4.78 is 1.54. The monoisotopic (exact) mass is 525 g/mol. The van der Waals surface area contributed by atoms with Gasteiger partial charge in [-0.15, -0.1) is 0 Å². The Balaban J connectivity index is 1.51. The van der Waals surface area contributed by atoms with Crippen molar-refractivity contribution in [2.24, 2.45) is 10.4 Å². The minimum atomic E-state index is -0.613. The quantitative estimate of drug-likeness (QED) is 0.324. The predicted molar refractivity (Wildman–Crippen MR) is 147 cm³/mol. The molecule has 39 heavy (non-hydrogen) atoms. The number of aryl methyl sites for hydroxylation is 2. The van der Waals surface area contributed by atoms with Gasteiger partial charge in [0.25, 0.3) is 0 Å². The number of aromatic nitrogens is 5. The number of ketones is 2. The van der Waals surface area contributed by atoms with Crippen LogP contribution in [0.25, 0.3) is 22.2 Å². The molecule has 200 valence electrons. The molecule has 4 heterocycles. The first kappa shape index (κ1) is 26.3. The third-order valence-electron chi connectivity index (χ3n) is 7.63. The molecule has 3 atom stereocenters. The fourth-order valence-corrected chi connectivity index (χ4v) is 5.63. The van der Waals surface area contributed by atoms with Crippen LogP contribution in [0.3, 0.4) is 0 Å². The summed E-state index contributed by atoms with van der Waals surface area (Å²) in [6.07, 6.45) is 9.53. The number of carbonyl (C=O) groups excluding carboxylic acids is 3. The van der Waals surface area contributed by atoms with E-state index >= 15 is 0 Å². The average molecular weight is 526 g/mol. The molecule has 3 aromatic rings. The molecule has 2 fully saturated rings. The van der Waals surface area contributed by atoms with E-state index in [4.69, 9.17) is 4.98 Å². The molecule has 2 aliphatic rings. The highest BCUT2D eigenvalue weighted by atomic mass is 16.2. The minimum Gasteiger partial charge on any atom is -0.327 e. The molecule has 0 N–H and O–H groups in total. The predicted octanol–water partition coefficient (Wildman–Crippen LogP) is 3.82. The molecule has 0 bridgehead atoms. The molecule has 1 saturated carbocycles. The molecular formula is C29H31N7O3. The van der Waals surface area contributed by atoms with Crippen molar-refractivity contribution in [3.63, 3.8) is 0 Å². The number of carbonyl (C=O) groups is 3. The van der Waals surface area contributed by atoms with Crippen molar-refractivity contribution < 1.29 is 14.4 Å². The second-order valence-electron chi connectivity index (χ2n) is 10.5. The SMILES string of the molecule is C=CN=C(/C=C\C)C(=O)C1CC2(C)CC2N1C(=O)Cn1nc(C(C)=O)c2cc(-c3cnc(C)nc3)nc(C)c21. The summed E-state index contributed by atoms with van der Waals surface area (Å²) in [4.78, 5) is 58.9. The van der Waals surface area contributed by atoms with Gasteiger partial charge < -0.3 is 4.90 Å². The smallest absolute Gasteiger partial charge is 0.245 e. The number of nitrogens with zero attached hydrogens (tertiary/aromatic N) is 7. The van der Waals surface area contributed by atoms with Crippen LogP contribution in [0.2, 0.25) is 0 Å². The molecule has 10 heteroatoms. The van der Waals surface area contributed by atoms with Gasteiger partial charge in [0.1, 0.15) is 23.8 Å². The van der Waals surface area contributed by atoms with E-state index in [0.717, 1.165) is 6.42 Å². The second kappa shape index (κ2) is 9.76. The maximum absolute atomic E-state index is 13.8. The van der Waals surface area contributed by atoms with Crippen molar-refractivity contribution >= 4 is 34.1 Å². The van der Waals surface area contributed by atoms with Gasteiger partial charge in [0.05, 0.1) is 22.9 Å². The normalized spacial score (nSPS) is 22.4. The van der Waals surface area contributed by atoms with Gasteiger partial charge >= 0.3 is 0 Å². The number of aliphatic imine (C=N–C) groups is 1. The van der Waals surface area contributed by atoms with E-state index in [9.17, 15) is 14.4 Å². The van der Waals surface area contributed by atoms with Crippen molar-refractivity contribution in [1.82, 2.24) is 29.6 Å². The Bertz CT molecular complexity index is 1580. The average Bonchev–Trinajstić information content (AvgIpc) is 3.24. The van der Waals surface area contributed by atoms with Crippen LogP contribution in [-0.4, -0.2) is 64.9 Å². The van der Waals surface area contributed by atoms with Crippen LogP contribution in [0.1, 0.15) is 55.6 Å². The summed E-state index contributed by atoms with van der Waals surface area (Å²) >= 11 is 0. The molecular weight excluding hydrogens is 494 g/mol. The number of hydrogen-bond acceptors (Lipinski definition) is 8. The van der Waals surface area contributed by atoms with E-state index in [2.05, 4.69) is 33.6 Å². The number of allylic oxidation sites excluding steroid dienone is 2. The lowest BCUT2D eigenvalue weighted by Crippen LogP contribution is -2.46. The fourth-order valence-electron chi connectivity index (χ4n) is 5.63. The van der Waals surface area contributed by atoms with Gasteiger partial charge in [-0.25, -0.2) is 9.97 Å². The van der Waals surface area contributed by atoms with Crippen molar-refractivity contribution in [2.75, 3.05) is 0 Å². The Hall–Kier alpha value is -4.34. The zero-order valence-corrected chi connectivity index (χ0v) is 22.8. The van der Waals surface area contributed by atoms with E-state index in [1.54, 1.807) is 42.4 Å². The molecule has 1 aliphatic carbocycles. The Morgan fingerprint density at radius 3 is 2.56 bits per heavy atom. The largest absolute Gasteiger partial charge is 0.327 e. The van der Waals surface area contributed by atoms with Gasteiger partial charge in [0, 0.05) is 42.5 Å². The Morgan fingerprint density at radius 1 is 1.21 bits per heavy atom. The lowest BCUT2D eigenvalue weighted by Gasteiger charge is -2.26. The van der Waals surface area contributed by atoms with Crippen LogP contribution in [0.4, 0.5) is 0 Å². The van der Waals surface area contributed by atoms with Crippen LogP contribution in [0.5, 0.6) is 0 Å². The highest BCUT2D eigenvalue weighted by molar-refractivity contribution is 6.46. The van der Waals surface area contributed by atoms with Crippen LogP contribution in [-0.2, 0) is 16.1 Å². The van der Waals surface area contributed by atoms with Crippen LogP contribution in [0, 0.1) is 19.3 Å². The van der Waals surface area contributed by atoms with Crippen molar-refractivity contribution in [3.05, 3.63) is 60.6 Å². The van der Waals surface area contributed by atoms with E-state index < -0.39 is 6.04 Å². The first-order valence-electron chi connectivity index (χ1n) is 12.9. The van der Waals surface area contributed by atoms with Gasteiger partial charge in [0.2, 0.25) is 11.7 Å². The topological polar surface area (TPSA) is 123 Å². The summed E-state index contributed by atoms with van der Waals surface area (Å²) in [6, 6.07) is 1.16. The lowest BCUT2D eigenvalue weighted by atomic mass is 9.97. The number of piperidine rings is 1. The minimum absolute atomic E-state index is 0.0176. The molecule has 1 saturated heterocycles. The fraction of sp³-hybridized carbons (Fsp3) is 0.379. The van der Waals surface area contributed by atoms with Gasteiger partial charge in [0.15, 0.2) is 5.78 Å². The number of fused-ring (bicyclic) bond motifs is 2. The van der Waals surface area contributed by atoms with Gasteiger partial charge in [-0.05, 0) is 51.2 Å². The van der Waals surface area contributed by atoms with E-state index in [1.165, 1.54) is 17.8 Å². The van der Waals surface area contributed by atoms with Crippen LogP contribution < -0.4 is 0 Å². The molecule has 1 amide bonds. The van der Waals surface area contributed by atoms with E-state index in [0.29, 0.717) is 40.1 Å². The van der Waals surface area contributed by atoms with Gasteiger partial charge in [-0.2, -0.15) is 5.10 Å². The molecule has 0 aromatic carbocycles. The number of Topliss-reactive ketones (excluding diaryl/α,β-unsaturated/α-hetero) is 2. The summed E-state index contributed by atoms with van der Waals surface area (Å²) in [5.41, 5.74) is 3.00. The number of likely N-dealkylation sites (tertiary alicyclic amines) is 1. The molecule has 3 unspecified atom stereocenters. The van der Waals surface area contributed by atoms with Crippen molar-refractivity contribution in [2.45, 2.75) is 66.1 Å². The Morgan fingerprint density at radius 2 is 1.92 bits per heavy atom. The number of rotatable bonds is 8. The summed E-state index contributed by atoms with van der Waals surface area (Å²) in [5.74, 6) is -0.00449. The van der Waals surface area contributed by atoms with Crippen molar-refractivity contribution in [3.8, 4) is 11.3 Å². The number of pyridine rings is 1. The van der Waals surface area contributed by atoms with E-state index in [-0.39, 0.29) is 46.9 Å². The first-order chi connectivity index (χ1) is 18.6. The molecule has 5 rings (SSSR count). The third kappa shape index (κ3) is 4.60. The van der Waals surface area contributed by atoms with Crippen molar-refractivity contribution in [1.29, 1.82) is 0 Å². The molecule has 1 aliphatic heterocycles. The van der Waals surface area contributed by atoms with Gasteiger partial charge in [-0.3, -0.25) is 29.0 Å². The number of amides is 1. The second-order valence-corrected chi connectivity index (χ2v) is 10.5. The summed E-state index contributed by atoms with van der Waals surface area (Å²) in [7, 11) is 0. The van der Waals surface area contributed by atoms with Crippen LogP contribution in [0.15, 0.2) is 48.4 Å². The van der Waals surface area contributed by atoms with E-state index in [1.807, 2.05) is 13.8 Å². The van der Waals surface area contributed by atoms with Crippen LogP contribution >= 0.6 is 0 Å².